The summed E-state index contributed by atoms with van der Waals surface area (Å²) in [5.74, 6) is 1.57. The molecule has 0 aliphatic rings. The van der Waals surface area contributed by atoms with Gasteiger partial charge in [-0.2, -0.15) is 0 Å². The number of fused-ring (bicyclic) bond motifs is 1. The van der Waals surface area contributed by atoms with Gasteiger partial charge >= 0.3 is 0 Å². The highest BCUT2D eigenvalue weighted by atomic mass is 79.9. The van der Waals surface area contributed by atoms with Gasteiger partial charge in [-0.25, -0.2) is 15.0 Å². The SMILES string of the molecule is Cc1nc(N[C@@H](C)c2cccc(Br)c2)cc(-c2ccc3ncsc3c2)n1. The topological polar surface area (TPSA) is 50.7 Å². The molecule has 130 valence electrons. The summed E-state index contributed by atoms with van der Waals surface area (Å²) >= 11 is 5.17. The Hall–Kier alpha value is -2.31. The van der Waals surface area contributed by atoms with Crippen molar-refractivity contribution in [2.45, 2.75) is 19.9 Å². The Kier molecular flexibility index (Phi) is 4.70. The Morgan fingerprint density at radius 3 is 2.81 bits per heavy atom. The van der Waals surface area contributed by atoms with Crippen molar-refractivity contribution in [2.75, 3.05) is 5.32 Å². The standard InChI is InChI=1S/C20H17BrN4S/c1-12(14-4-3-5-16(21)8-14)23-20-10-18(24-13(2)25-20)15-6-7-17-19(9-15)26-11-22-17/h3-12H,1-2H3,(H,23,24,25)/t12-/m0/s1. The second-order valence-electron chi connectivity index (χ2n) is 6.14. The second-order valence-corrected chi connectivity index (χ2v) is 7.94. The van der Waals surface area contributed by atoms with Crippen molar-refractivity contribution in [2.24, 2.45) is 0 Å². The Bertz CT molecular complexity index is 1080. The number of thiazole rings is 1. The summed E-state index contributed by atoms with van der Waals surface area (Å²) in [4.78, 5) is 13.5. The molecule has 0 amide bonds. The molecule has 0 unspecified atom stereocenters. The molecular weight excluding hydrogens is 408 g/mol. The Labute approximate surface area is 164 Å². The molecule has 4 aromatic rings. The number of hydrogen-bond acceptors (Lipinski definition) is 5. The van der Waals surface area contributed by atoms with E-state index in [1.165, 1.54) is 5.56 Å². The number of anilines is 1. The van der Waals surface area contributed by atoms with Crippen LogP contribution in [-0.4, -0.2) is 15.0 Å². The minimum Gasteiger partial charge on any atom is -0.363 e. The lowest BCUT2D eigenvalue weighted by molar-refractivity contribution is 0.867. The normalized spacial score (nSPS) is 12.3. The third-order valence-electron chi connectivity index (χ3n) is 4.18. The van der Waals surface area contributed by atoms with Crippen molar-refractivity contribution >= 4 is 43.3 Å². The number of aryl methyl sites for hydroxylation is 1. The van der Waals surface area contributed by atoms with Crippen molar-refractivity contribution < 1.29 is 0 Å². The highest BCUT2D eigenvalue weighted by Gasteiger charge is 2.10. The maximum atomic E-state index is 4.62. The summed E-state index contributed by atoms with van der Waals surface area (Å²) < 4.78 is 2.23. The van der Waals surface area contributed by atoms with Crippen molar-refractivity contribution in [1.82, 2.24) is 15.0 Å². The van der Waals surface area contributed by atoms with E-state index in [2.05, 4.69) is 67.4 Å². The quantitative estimate of drug-likeness (QED) is 0.436. The Morgan fingerprint density at radius 1 is 1.08 bits per heavy atom. The van der Waals surface area contributed by atoms with E-state index in [4.69, 9.17) is 0 Å². The van der Waals surface area contributed by atoms with E-state index in [9.17, 15) is 0 Å². The van der Waals surface area contributed by atoms with Crippen molar-refractivity contribution in [3.8, 4) is 11.3 Å². The first kappa shape index (κ1) is 17.1. The molecule has 0 spiro atoms. The largest absolute Gasteiger partial charge is 0.363 e. The number of nitrogens with one attached hydrogen (secondary N) is 1. The van der Waals surface area contributed by atoms with Crippen LogP contribution in [0.25, 0.3) is 21.5 Å². The fourth-order valence-corrected chi connectivity index (χ4v) is 4.02. The summed E-state index contributed by atoms with van der Waals surface area (Å²) in [5, 5.41) is 3.49. The summed E-state index contributed by atoms with van der Waals surface area (Å²) in [7, 11) is 0. The van der Waals surface area contributed by atoms with E-state index in [0.717, 1.165) is 37.6 Å². The lowest BCUT2D eigenvalue weighted by atomic mass is 10.1. The molecule has 1 atom stereocenters. The molecule has 1 N–H and O–H groups in total. The van der Waals surface area contributed by atoms with Gasteiger partial charge in [0.25, 0.3) is 0 Å². The van der Waals surface area contributed by atoms with Crippen LogP contribution in [0.15, 0.2) is 58.5 Å². The smallest absolute Gasteiger partial charge is 0.130 e. The fraction of sp³-hybridized carbons (Fsp3) is 0.150. The van der Waals surface area contributed by atoms with Gasteiger partial charge in [0.05, 0.1) is 21.4 Å². The van der Waals surface area contributed by atoms with Gasteiger partial charge in [-0.15, -0.1) is 11.3 Å². The second kappa shape index (κ2) is 7.13. The third kappa shape index (κ3) is 3.61. The molecular formula is C20H17BrN4S. The maximum absolute atomic E-state index is 4.62. The van der Waals surface area contributed by atoms with Crippen LogP contribution >= 0.6 is 27.3 Å². The Balaban J connectivity index is 1.65. The molecule has 4 nitrogen and oxygen atoms in total. The fourth-order valence-electron chi connectivity index (χ4n) is 2.89. The molecule has 6 heteroatoms. The molecule has 0 aliphatic heterocycles. The van der Waals surface area contributed by atoms with Crippen LogP contribution in [0.2, 0.25) is 0 Å². The number of nitrogens with zero attached hydrogens (tertiary/aromatic N) is 3. The van der Waals surface area contributed by atoms with Gasteiger partial charge in [-0.1, -0.05) is 34.1 Å². The van der Waals surface area contributed by atoms with Crippen molar-refractivity contribution in [1.29, 1.82) is 0 Å². The van der Waals surface area contributed by atoms with Crippen LogP contribution in [0, 0.1) is 6.92 Å². The molecule has 0 saturated carbocycles. The molecule has 4 rings (SSSR count). The first-order chi connectivity index (χ1) is 12.6. The zero-order chi connectivity index (χ0) is 18.1. The molecule has 26 heavy (non-hydrogen) atoms. The third-order valence-corrected chi connectivity index (χ3v) is 5.46. The van der Waals surface area contributed by atoms with Crippen LogP contribution < -0.4 is 5.32 Å². The summed E-state index contributed by atoms with van der Waals surface area (Å²) in [6, 6.07) is 16.7. The average molecular weight is 425 g/mol. The lowest BCUT2D eigenvalue weighted by Gasteiger charge is -2.16. The summed E-state index contributed by atoms with van der Waals surface area (Å²) in [5.41, 5.74) is 6.07. The van der Waals surface area contributed by atoms with Gasteiger partial charge in [0.2, 0.25) is 0 Å². The minimum absolute atomic E-state index is 0.138. The van der Waals surface area contributed by atoms with Crippen LogP contribution in [0.1, 0.15) is 24.4 Å². The summed E-state index contributed by atoms with van der Waals surface area (Å²) in [6.07, 6.45) is 0. The molecule has 0 fully saturated rings. The first-order valence-corrected chi connectivity index (χ1v) is 9.97. The number of aromatic nitrogens is 3. The van der Waals surface area contributed by atoms with Gasteiger partial charge in [0.15, 0.2) is 0 Å². The molecule has 0 bridgehead atoms. The van der Waals surface area contributed by atoms with Gasteiger partial charge in [-0.05, 0) is 43.7 Å². The molecule has 2 aromatic heterocycles. The van der Waals surface area contributed by atoms with Crippen molar-refractivity contribution in [3.63, 3.8) is 0 Å². The zero-order valence-corrected chi connectivity index (χ0v) is 16.8. The van der Waals surface area contributed by atoms with Crippen molar-refractivity contribution in [3.05, 3.63) is 69.9 Å². The van der Waals surface area contributed by atoms with E-state index in [1.807, 2.05) is 36.7 Å². The van der Waals surface area contributed by atoms with Crippen LogP contribution in [0.3, 0.4) is 0 Å². The van der Waals surface area contributed by atoms with Gasteiger partial charge in [-0.3, -0.25) is 0 Å². The van der Waals surface area contributed by atoms with Crippen LogP contribution in [0.5, 0.6) is 0 Å². The van der Waals surface area contributed by atoms with E-state index in [0.29, 0.717) is 0 Å². The zero-order valence-electron chi connectivity index (χ0n) is 14.4. The Morgan fingerprint density at radius 2 is 1.96 bits per heavy atom. The molecule has 2 aromatic carbocycles. The van der Waals surface area contributed by atoms with Crippen LogP contribution in [-0.2, 0) is 0 Å². The van der Waals surface area contributed by atoms with Gasteiger partial charge in [0.1, 0.15) is 11.6 Å². The predicted octanol–water partition coefficient (Wildman–Crippen LogP) is 6.00. The molecule has 0 saturated heterocycles. The van der Waals surface area contributed by atoms with Gasteiger partial charge < -0.3 is 5.32 Å². The maximum Gasteiger partial charge on any atom is 0.130 e. The predicted molar refractivity (Wildman–Crippen MR) is 112 cm³/mol. The molecule has 2 heterocycles. The monoisotopic (exact) mass is 424 g/mol. The highest BCUT2D eigenvalue weighted by Crippen LogP contribution is 2.27. The lowest BCUT2D eigenvalue weighted by Crippen LogP contribution is -2.09. The summed E-state index contributed by atoms with van der Waals surface area (Å²) in [6.45, 7) is 4.05. The van der Waals surface area contributed by atoms with Crippen LogP contribution in [0.4, 0.5) is 5.82 Å². The molecule has 0 radical (unpaired) electrons. The van der Waals surface area contributed by atoms with E-state index in [-0.39, 0.29) is 6.04 Å². The average Bonchev–Trinajstić information content (AvgIpc) is 3.09. The number of hydrogen-bond donors (Lipinski definition) is 1. The first-order valence-electron chi connectivity index (χ1n) is 8.30. The van der Waals surface area contributed by atoms with E-state index in [1.54, 1.807) is 11.3 Å². The molecule has 0 aliphatic carbocycles. The number of halogens is 1. The highest BCUT2D eigenvalue weighted by molar-refractivity contribution is 9.10. The number of rotatable bonds is 4. The van der Waals surface area contributed by atoms with Gasteiger partial charge in [0, 0.05) is 22.1 Å². The number of benzene rings is 2. The van der Waals surface area contributed by atoms with E-state index >= 15 is 0 Å². The minimum atomic E-state index is 0.138. The van der Waals surface area contributed by atoms with E-state index < -0.39 is 0 Å².